The molecule has 1 aliphatic rings. The average Bonchev–Trinajstić information content (AvgIpc) is 2.92. The van der Waals surface area contributed by atoms with Gasteiger partial charge in [-0.25, -0.2) is 9.59 Å². The molecule has 1 unspecified atom stereocenters. The van der Waals surface area contributed by atoms with Crippen LogP contribution in [-0.2, 0) is 4.74 Å². The molecular formula is C13H16N2O4. The molecule has 1 saturated heterocycles. The summed E-state index contributed by atoms with van der Waals surface area (Å²) in [7, 11) is 1.68. The molecule has 0 saturated carbocycles. The number of carbonyl (C=O) groups excluding carboxylic acids is 1. The number of anilines is 1. The molecule has 2 N–H and O–H groups in total. The predicted molar refractivity (Wildman–Crippen MR) is 69.4 cm³/mol. The minimum atomic E-state index is -1.07. The minimum absolute atomic E-state index is 0.0389. The van der Waals surface area contributed by atoms with Crippen molar-refractivity contribution in [3.8, 4) is 0 Å². The van der Waals surface area contributed by atoms with Gasteiger partial charge < -0.3 is 20.1 Å². The predicted octanol–water partition coefficient (Wildman–Crippen LogP) is 1.64. The summed E-state index contributed by atoms with van der Waals surface area (Å²) in [5.74, 6) is -1.07. The van der Waals surface area contributed by atoms with E-state index in [1.54, 1.807) is 30.1 Å². The Morgan fingerprint density at radius 3 is 2.79 bits per heavy atom. The van der Waals surface area contributed by atoms with Crippen molar-refractivity contribution >= 4 is 17.7 Å². The van der Waals surface area contributed by atoms with Crippen LogP contribution in [0.3, 0.4) is 0 Å². The molecule has 1 fully saturated rings. The van der Waals surface area contributed by atoms with Crippen LogP contribution >= 0.6 is 0 Å². The summed E-state index contributed by atoms with van der Waals surface area (Å²) < 4.78 is 5.22. The highest BCUT2D eigenvalue weighted by Crippen LogP contribution is 2.17. The molecule has 0 bridgehead atoms. The summed E-state index contributed by atoms with van der Waals surface area (Å²) in [6.45, 7) is 1.17. The summed E-state index contributed by atoms with van der Waals surface area (Å²) in [4.78, 5) is 24.6. The van der Waals surface area contributed by atoms with Crippen LogP contribution in [0.25, 0.3) is 0 Å². The zero-order chi connectivity index (χ0) is 13.8. The Bertz CT molecular complexity index is 483. The lowest BCUT2D eigenvalue weighted by molar-refractivity contribution is 0.0698. The van der Waals surface area contributed by atoms with Gasteiger partial charge in [-0.1, -0.05) is 12.1 Å². The second kappa shape index (κ2) is 5.71. The Hall–Kier alpha value is -2.08. The van der Waals surface area contributed by atoms with Crippen LogP contribution in [0, 0.1) is 0 Å². The highest BCUT2D eigenvalue weighted by atomic mass is 16.5. The molecule has 6 nitrogen and oxygen atoms in total. The summed E-state index contributed by atoms with van der Waals surface area (Å²) in [5, 5.41) is 11.7. The molecule has 102 valence electrons. The van der Waals surface area contributed by atoms with Gasteiger partial charge in [0.25, 0.3) is 0 Å². The van der Waals surface area contributed by atoms with Gasteiger partial charge in [0.1, 0.15) is 0 Å². The summed E-state index contributed by atoms with van der Waals surface area (Å²) >= 11 is 0. The zero-order valence-corrected chi connectivity index (χ0v) is 10.6. The number of hydrogen-bond donors (Lipinski definition) is 2. The smallest absolute Gasteiger partial charge is 0.337 e. The number of aromatic carboxylic acids is 1. The van der Waals surface area contributed by atoms with Crippen molar-refractivity contribution in [1.82, 2.24) is 4.90 Å². The van der Waals surface area contributed by atoms with Crippen LogP contribution in [0.1, 0.15) is 16.8 Å². The third-order valence-corrected chi connectivity index (χ3v) is 3.17. The van der Waals surface area contributed by atoms with E-state index >= 15 is 0 Å². The Labute approximate surface area is 111 Å². The van der Waals surface area contributed by atoms with Crippen LogP contribution in [0.5, 0.6) is 0 Å². The van der Waals surface area contributed by atoms with Gasteiger partial charge in [0.2, 0.25) is 0 Å². The number of para-hydroxylation sites is 1. The van der Waals surface area contributed by atoms with Crippen molar-refractivity contribution in [1.29, 1.82) is 0 Å². The lowest BCUT2D eigenvalue weighted by atomic mass is 10.2. The van der Waals surface area contributed by atoms with Crippen molar-refractivity contribution in [2.75, 3.05) is 25.6 Å². The van der Waals surface area contributed by atoms with Crippen LogP contribution in [0.4, 0.5) is 10.5 Å². The zero-order valence-electron chi connectivity index (χ0n) is 10.6. The molecule has 2 rings (SSSR count). The van der Waals surface area contributed by atoms with Crippen molar-refractivity contribution in [3.05, 3.63) is 29.8 Å². The van der Waals surface area contributed by atoms with E-state index in [1.165, 1.54) is 6.07 Å². The number of carboxylic acid groups (broad SMARTS) is 1. The summed E-state index contributed by atoms with van der Waals surface area (Å²) in [6.07, 6.45) is 0.796. The van der Waals surface area contributed by atoms with Gasteiger partial charge in [-0.3, -0.25) is 0 Å². The molecule has 0 spiro atoms. The number of urea groups is 1. The van der Waals surface area contributed by atoms with E-state index < -0.39 is 5.97 Å². The lowest BCUT2D eigenvalue weighted by Gasteiger charge is -2.23. The fourth-order valence-corrected chi connectivity index (χ4v) is 1.98. The number of nitrogens with zero attached hydrogens (tertiary/aromatic N) is 1. The van der Waals surface area contributed by atoms with E-state index in [2.05, 4.69) is 5.32 Å². The van der Waals surface area contributed by atoms with Crippen molar-refractivity contribution in [3.63, 3.8) is 0 Å². The highest BCUT2D eigenvalue weighted by molar-refractivity contribution is 5.99. The molecule has 0 aliphatic carbocycles. The second-order valence-corrected chi connectivity index (χ2v) is 4.41. The molecule has 1 heterocycles. The van der Waals surface area contributed by atoms with E-state index in [0.29, 0.717) is 18.9 Å². The lowest BCUT2D eigenvalue weighted by Crippen LogP contribution is -2.40. The highest BCUT2D eigenvalue weighted by Gasteiger charge is 2.24. The number of carbonyl (C=O) groups is 2. The molecule has 6 heteroatoms. The number of hydrogen-bond acceptors (Lipinski definition) is 3. The van der Waals surface area contributed by atoms with Crippen LogP contribution in [0.2, 0.25) is 0 Å². The first-order valence-corrected chi connectivity index (χ1v) is 6.03. The number of likely N-dealkylation sites (N-methyl/N-ethyl adjacent to an activating group) is 1. The molecule has 0 radical (unpaired) electrons. The van der Waals surface area contributed by atoms with E-state index in [9.17, 15) is 9.59 Å². The number of amides is 2. The molecule has 0 aromatic heterocycles. The quantitative estimate of drug-likeness (QED) is 0.869. The number of carboxylic acids is 1. The van der Waals surface area contributed by atoms with Gasteiger partial charge >= 0.3 is 12.0 Å². The fourth-order valence-electron chi connectivity index (χ4n) is 1.98. The van der Waals surface area contributed by atoms with Gasteiger partial charge in [-0.2, -0.15) is 0 Å². The van der Waals surface area contributed by atoms with Gasteiger partial charge in [0.15, 0.2) is 0 Å². The van der Waals surface area contributed by atoms with E-state index in [-0.39, 0.29) is 17.6 Å². The first kappa shape index (κ1) is 13.4. The normalized spacial score (nSPS) is 18.1. The third-order valence-electron chi connectivity index (χ3n) is 3.17. The molecular weight excluding hydrogens is 248 g/mol. The molecule has 1 atom stereocenters. The molecule has 1 aromatic rings. The maximum absolute atomic E-state index is 12.0. The molecule has 1 aliphatic heterocycles. The van der Waals surface area contributed by atoms with Gasteiger partial charge in [-0.15, -0.1) is 0 Å². The van der Waals surface area contributed by atoms with Crippen molar-refractivity contribution < 1.29 is 19.4 Å². The Kier molecular flexibility index (Phi) is 4.01. The first-order valence-electron chi connectivity index (χ1n) is 6.03. The maximum Gasteiger partial charge on any atom is 0.337 e. The van der Waals surface area contributed by atoms with Gasteiger partial charge in [-0.05, 0) is 18.6 Å². The third kappa shape index (κ3) is 3.03. The Morgan fingerprint density at radius 2 is 2.16 bits per heavy atom. The van der Waals surface area contributed by atoms with E-state index in [4.69, 9.17) is 9.84 Å². The monoisotopic (exact) mass is 264 g/mol. The largest absolute Gasteiger partial charge is 0.478 e. The maximum atomic E-state index is 12.0. The van der Waals surface area contributed by atoms with Crippen LogP contribution in [0.15, 0.2) is 24.3 Å². The average molecular weight is 264 g/mol. The number of ether oxygens (including phenoxy) is 1. The summed E-state index contributed by atoms with van der Waals surface area (Å²) in [5.41, 5.74) is 0.373. The molecule has 19 heavy (non-hydrogen) atoms. The standard InChI is InChI=1S/C13H16N2O4/c1-15(9-6-7-19-8-9)13(18)14-11-5-3-2-4-10(11)12(16)17/h2-5,9H,6-8H2,1H3,(H,14,18)(H,16,17). The first-order chi connectivity index (χ1) is 9.09. The van der Waals surface area contributed by atoms with Crippen LogP contribution in [-0.4, -0.2) is 48.3 Å². The van der Waals surface area contributed by atoms with Gasteiger partial charge in [0, 0.05) is 13.7 Å². The SMILES string of the molecule is CN(C(=O)Nc1ccccc1C(=O)O)C1CCOC1. The Balaban J connectivity index is 2.08. The molecule has 2 amide bonds. The second-order valence-electron chi connectivity index (χ2n) is 4.41. The number of benzene rings is 1. The van der Waals surface area contributed by atoms with E-state index in [0.717, 1.165) is 6.42 Å². The molecule has 1 aromatic carbocycles. The van der Waals surface area contributed by atoms with Gasteiger partial charge in [0.05, 0.1) is 23.9 Å². The minimum Gasteiger partial charge on any atom is -0.478 e. The number of nitrogens with one attached hydrogen (secondary N) is 1. The van der Waals surface area contributed by atoms with Crippen molar-refractivity contribution in [2.45, 2.75) is 12.5 Å². The Morgan fingerprint density at radius 1 is 1.42 bits per heavy atom. The topological polar surface area (TPSA) is 78.9 Å². The van der Waals surface area contributed by atoms with E-state index in [1.807, 2.05) is 0 Å². The number of rotatable bonds is 3. The summed E-state index contributed by atoms with van der Waals surface area (Å²) in [6, 6.07) is 6.03. The fraction of sp³-hybridized carbons (Fsp3) is 0.385. The van der Waals surface area contributed by atoms with Crippen LogP contribution < -0.4 is 5.32 Å². The van der Waals surface area contributed by atoms with Crippen molar-refractivity contribution in [2.24, 2.45) is 0 Å².